The number of hydrogen-bond acceptors (Lipinski definition) is 2. The molecule has 0 atom stereocenters. The molecule has 144 valence electrons. The number of carbonyl (C=O) groups is 1. The molecule has 0 saturated carbocycles. The van der Waals surface area contributed by atoms with Crippen molar-refractivity contribution in [3.05, 3.63) is 59.4 Å². The van der Waals surface area contributed by atoms with Crippen LogP contribution in [0.15, 0.2) is 36.4 Å². The first kappa shape index (κ1) is 19.1. The van der Waals surface area contributed by atoms with Gasteiger partial charge in [0.2, 0.25) is 0 Å². The van der Waals surface area contributed by atoms with Gasteiger partial charge in [-0.25, -0.2) is 18.0 Å². The van der Waals surface area contributed by atoms with Crippen molar-refractivity contribution in [3.63, 3.8) is 0 Å². The zero-order chi connectivity index (χ0) is 19.6. The van der Waals surface area contributed by atoms with E-state index in [0.29, 0.717) is 32.1 Å². The summed E-state index contributed by atoms with van der Waals surface area (Å²) in [5, 5.41) is 2.31. The third kappa shape index (κ3) is 4.18. The number of urea groups is 1. The van der Waals surface area contributed by atoms with Gasteiger partial charge in [0, 0.05) is 31.9 Å². The Kier molecular flexibility index (Phi) is 5.58. The van der Waals surface area contributed by atoms with Gasteiger partial charge in [-0.2, -0.15) is 0 Å². The van der Waals surface area contributed by atoms with Crippen LogP contribution in [0, 0.1) is 17.5 Å². The summed E-state index contributed by atoms with van der Waals surface area (Å²) < 4.78 is 40.0. The lowest BCUT2D eigenvalue weighted by atomic mass is 10.0. The Labute approximate surface area is 156 Å². The van der Waals surface area contributed by atoms with Crippen LogP contribution in [-0.4, -0.2) is 37.1 Å². The third-order valence-electron chi connectivity index (χ3n) is 4.77. The fourth-order valence-corrected chi connectivity index (χ4v) is 3.05. The summed E-state index contributed by atoms with van der Waals surface area (Å²) in [7, 11) is 0. The number of rotatable bonds is 3. The van der Waals surface area contributed by atoms with E-state index in [2.05, 4.69) is 48.3 Å². The molecule has 0 unspecified atom stereocenters. The van der Waals surface area contributed by atoms with Crippen LogP contribution in [0.3, 0.4) is 0 Å². The Morgan fingerprint density at radius 1 is 0.926 bits per heavy atom. The molecule has 1 N–H and O–H groups in total. The molecule has 1 aliphatic rings. The van der Waals surface area contributed by atoms with Crippen molar-refractivity contribution < 1.29 is 18.0 Å². The first-order valence-electron chi connectivity index (χ1n) is 8.91. The highest BCUT2D eigenvalue weighted by Crippen LogP contribution is 2.22. The van der Waals surface area contributed by atoms with Crippen LogP contribution in [0.1, 0.15) is 25.3 Å². The Bertz CT molecular complexity index is 816. The Morgan fingerprint density at radius 3 is 2.15 bits per heavy atom. The molecule has 0 aromatic heterocycles. The molecule has 0 radical (unpaired) electrons. The standard InChI is InChI=1S/C20H22F3N3O/c1-13(2)14-3-5-15(6-4-14)25-9-11-26(12-10-25)20(27)24-17-8-7-16(21)18(22)19(17)23/h3-8,13H,9-12H2,1-2H3,(H,24,27). The lowest BCUT2D eigenvalue weighted by Crippen LogP contribution is -2.50. The Morgan fingerprint density at radius 2 is 1.56 bits per heavy atom. The van der Waals surface area contributed by atoms with Crippen LogP contribution in [0.4, 0.5) is 29.3 Å². The summed E-state index contributed by atoms with van der Waals surface area (Å²) in [5.41, 5.74) is 1.99. The largest absolute Gasteiger partial charge is 0.368 e. The number of anilines is 2. The molecule has 1 fully saturated rings. The molecule has 7 heteroatoms. The molecule has 27 heavy (non-hydrogen) atoms. The third-order valence-corrected chi connectivity index (χ3v) is 4.77. The van der Waals surface area contributed by atoms with Crippen LogP contribution < -0.4 is 10.2 Å². The van der Waals surface area contributed by atoms with Crippen molar-refractivity contribution in [2.75, 3.05) is 36.4 Å². The van der Waals surface area contributed by atoms with Gasteiger partial charge in [-0.05, 0) is 35.7 Å². The maximum absolute atomic E-state index is 13.7. The predicted octanol–water partition coefficient (Wildman–Crippen LogP) is 4.58. The van der Waals surface area contributed by atoms with Gasteiger partial charge in [-0.3, -0.25) is 0 Å². The Balaban J connectivity index is 1.58. The molecule has 2 aromatic carbocycles. The fourth-order valence-electron chi connectivity index (χ4n) is 3.05. The molecule has 1 saturated heterocycles. The molecule has 0 aliphatic carbocycles. The summed E-state index contributed by atoms with van der Waals surface area (Å²) >= 11 is 0. The molecule has 3 rings (SSSR count). The van der Waals surface area contributed by atoms with E-state index in [1.165, 1.54) is 10.5 Å². The van der Waals surface area contributed by atoms with Crippen LogP contribution in [-0.2, 0) is 0 Å². The second-order valence-electron chi connectivity index (χ2n) is 6.87. The van der Waals surface area contributed by atoms with Crippen LogP contribution in [0.5, 0.6) is 0 Å². The number of halogens is 3. The summed E-state index contributed by atoms with van der Waals surface area (Å²) in [6.45, 7) is 6.44. The van der Waals surface area contributed by atoms with Crippen molar-refractivity contribution >= 4 is 17.4 Å². The average molecular weight is 377 g/mol. The highest BCUT2D eigenvalue weighted by Gasteiger charge is 2.23. The average Bonchev–Trinajstić information content (AvgIpc) is 2.68. The minimum absolute atomic E-state index is 0.370. The van der Waals surface area contributed by atoms with Crippen molar-refractivity contribution in [2.24, 2.45) is 0 Å². The van der Waals surface area contributed by atoms with Gasteiger partial charge in [-0.15, -0.1) is 0 Å². The van der Waals surface area contributed by atoms with Crippen molar-refractivity contribution in [1.29, 1.82) is 0 Å². The van der Waals surface area contributed by atoms with E-state index in [4.69, 9.17) is 0 Å². The van der Waals surface area contributed by atoms with E-state index in [1.807, 2.05) is 0 Å². The number of benzene rings is 2. The summed E-state index contributed by atoms with van der Waals surface area (Å²) in [6, 6.07) is 9.61. The number of hydrogen-bond donors (Lipinski definition) is 1. The number of carbonyl (C=O) groups excluding carboxylic acids is 1. The molecule has 1 heterocycles. The number of nitrogens with zero attached hydrogens (tertiary/aromatic N) is 2. The zero-order valence-corrected chi connectivity index (χ0v) is 15.3. The smallest absolute Gasteiger partial charge is 0.322 e. The molecular weight excluding hydrogens is 355 g/mol. The summed E-state index contributed by atoms with van der Waals surface area (Å²) in [4.78, 5) is 16.0. The number of piperazine rings is 1. The van der Waals surface area contributed by atoms with Crippen LogP contribution in [0.25, 0.3) is 0 Å². The van der Waals surface area contributed by atoms with Crippen LogP contribution >= 0.6 is 0 Å². The highest BCUT2D eigenvalue weighted by molar-refractivity contribution is 5.89. The second kappa shape index (κ2) is 7.90. The molecule has 1 aliphatic heterocycles. The second-order valence-corrected chi connectivity index (χ2v) is 6.87. The lowest BCUT2D eigenvalue weighted by molar-refractivity contribution is 0.208. The minimum atomic E-state index is -1.59. The van der Waals surface area contributed by atoms with Gasteiger partial charge in [0.05, 0.1) is 5.69 Å². The monoisotopic (exact) mass is 377 g/mol. The maximum Gasteiger partial charge on any atom is 0.322 e. The van der Waals surface area contributed by atoms with Crippen molar-refractivity contribution in [3.8, 4) is 0 Å². The number of nitrogens with one attached hydrogen (secondary N) is 1. The first-order chi connectivity index (χ1) is 12.9. The highest BCUT2D eigenvalue weighted by atomic mass is 19.2. The molecule has 0 spiro atoms. The molecular formula is C20H22F3N3O. The minimum Gasteiger partial charge on any atom is -0.368 e. The lowest BCUT2D eigenvalue weighted by Gasteiger charge is -2.36. The van der Waals surface area contributed by atoms with E-state index < -0.39 is 23.5 Å². The molecule has 0 bridgehead atoms. The van der Waals surface area contributed by atoms with E-state index in [1.54, 1.807) is 0 Å². The van der Waals surface area contributed by atoms with Gasteiger partial charge in [-0.1, -0.05) is 26.0 Å². The van der Waals surface area contributed by atoms with Crippen LogP contribution in [0.2, 0.25) is 0 Å². The maximum atomic E-state index is 13.7. The number of amides is 2. The normalized spacial score (nSPS) is 14.6. The SMILES string of the molecule is CC(C)c1ccc(N2CCN(C(=O)Nc3ccc(F)c(F)c3F)CC2)cc1. The Hall–Kier alpha value is -2.70. The summed E-state index contributed by atoms with van der Waals surface area (Å²) in [6.07, 6.45) is 0. The molecule has 2 amide bonds. The van der Waals surface area contributed by atoms with E-state index in [0.717, 1.165) is 17.8 Å². The van der Waals surface area contributed by atoms with Gasteiger partial charge in [0.15, 0.2) is 17.5 Å². The topological polar surface area (TPSA) is 35.6 Å². The van der Waals surface area contributed by atoms with Gasteiger partial charge in [0.25, 0.3) is 0 Å². The van der Waals surface area contributed by atoms with E-state index in [9.17, 15) is 18.0 Å². The molecule has 4 nitrogen and oxygen atoms in total. The fraction of sp³-hybridized carbons (Fsp3) is 0.350. The zero-order valence-electron chi connectivity index (χ0n) is 15.3. The van der Waals surface area contributed by atoms with Gasteiger partial charge < -0.3 is 15.1 Å². The predicted molar refractivity (Wildman–Crippen MR) is 99.7 cm³/mol. The van der Waals surface area contributed by atoms with Crippen molar-refractivity contribution in [1.82, 2.24) is 4.90 Å². The van der Waals surface area contributed by atoms with E-state index in [-0.39, 0.29) is 5.69 Å². The van der Waals surface area contributed by atoms with Crippen molar-refractivity contribution in [2.45, 2.75) is 19.8 Å². The van der Waals surface area contributed by atoms with Gasteiger partial charge in [0.1, 0.15) is 0 Å². The quantitative estimate of drug-likeness (QED) is 0.795. The van der Waals surface area contributed by atoms with E-state index >= 15 is 0 Å². The summed E-state index contributed by atoms with van der Waals surface area (Å²) in [5.74, 6) is -3.81. The van der Waals surface area contributed by atoms with Gasteiger partial charge >= 0.3 is 6.03 Å². The first-order valence-corrected chi connectivity index (χ1v) is 8.91. The molecule has 2 aromatic rings.